The monoisotopic (exact) mass is 376 g/mol. The molecule has 0 saturated heterocycles. The summed E-state index contributed by atoms with van der Waals surface area (Å²) in [5, 5.41) is 2.93. The maximum Gasteiger partial charge on any atom is 0.408 e. The standard InChI is InChI=1S/C20H32N2O3Si/c1-20(2,3)25-19(23)22-18(12-9-14-24-4)17-11-8-10-16(21-17)13-15-26(5,6)7/h8,10-11,18H,9,12,14H2,1-7H3,(H,22,23)/t18-/m0/s1. The lowest BCUT2D eigenvalue weighted by Gasteiger charge is -2.23. The van der Waals surface area contributed by atoms with Crippen LogP contribution in [0.3, 0.4) is 0 Å². The van der Waals surface area contributed by atoms with Crippen molar-refractivity contribution in [3.05, 3.63) is 29.6 Å². The fourth-order valence-electron chi connectivity index (χ4n) is 2.14. The number of carbonyl (C=O) groups is 1. The molecule has 1 aromatic heterocycles. The molecule has 0 aliphatic carbocycles. The molecule has 0 spiro atoms. The third-order valence-corrected chi connectivity index (χ3v) is 4.10. The predicted octanol–water partition coefficient (Wildman–Crippen LogP) is 4.30. The lowest BCUT2D eigenvalue weighted by Crippen LogP contribution is -2.35. The molecule has 1 atom stereocenters. The van der Waals surface area contributed by atoms with E-state index in [1.54, 1.807) is 7.11 Å². The molecule has 26 heavy (non-hydrogen) atoms. The molecule has 1 rings (SSSR count). The molecule has 0 bridgehead atoms. The van der Waals surface area contributed by atoms with Gasteiger partial charge >= 0.3 is 6.09 Å². The highest BCUT2D eigenvalue weighted by molar-refractivity contribution is 6.83. The zero-order chi connectivity index (χ0) is 19.8. The Morgan fingerprint density at radius 3 is 2.58 bits per heavy atom. The van der Waals surface area contributed by atoms with Crippen LogP contribution in [0.15, 0.2) is 18.2 Å². The SMILES string of the molecule is COCCC[C@H](NC(=O)OC(C)(C)C)c1cccc(C#C[Si](C)(C)C)n1. The first-order chi connectivity index (χ1) is 12.0. The molecule has 1 aromatic rings. The van der Waals surface area contributed by atoms with Crippen LogP contribution < -0.4 is 5.32 Å². The molecule has 1 heterocycles. The van der Waals surface area contributed by atoms with Crippen LogP contribution in [-0.4, -0.2) is 38.5 Å². The van der Waals surface area contributed by atoms with Crippen LogP contribution in [-0.2, 0) is 9.47 Å². The van der Waals surface area contributed by atoms with Gasteiger partial charge in [0.25, 0.3) is 0 Å². The Kier molecular flexibility index (Phi) is 8.32. The van der Waals surface area contributed by atoms with Crippen LogP contribution in [0.2, 0.25) is 19.6 Å². The molecule has 0 aliphatic rings. The molecule has 0 unspecified atom stereocenters. The Labute approximate surface area is 158 Å². The van der Waals surface area contributed by atoms with Crippen molar-refractivity contribution in [1.29, 1.82) is 0 Å². The molecule has 144 valence electrons. The summed E-state index contributed by atoms with van der Waals surface area (Å²) in [6.45, 7) is 12.7. The molecule has 1 amide bonds. The molecule has 5 nitrogen and oxygen atoms in total. The third kappa shape index (κ3) is 9.59. The number of alkyl carbamates (subject to hydrolysis) is 1. The zero-order valence-electron chi connectivity index (χ0n) is 17.1. The van der Waals surface area contributed by atoms with Crippen LogP contribution in [0, 0.1) is 11.5 Å². The fourth-order valence-corrected chi connectivity index (χ4v) is 2.65. The Balaban J connectivity index is 2.98. The fraction of sp³-hybridized carbons (Fsp3) is 0.600. The minimum atomic E-state index is -1.47. The minimum Gasteiger partial charge on any atom is -0.444 e. The van der Waals surface area contributed by atoms with Gasteiger partial charge in [-0.25, -0.2) is 9.78 Å². The summed E-state index contributed by atoms with van der Waals surface area (Å²) in [6.07, 6.45) is 1.08. The third-order valence-electron chi connectivity index (χ3n) is 3.23. The van der Waals surface area contributed by atoms with E-state index >= 15 is 0 Å². The maximum atomic E-state index is 12.2. The van der Waals surface area contributed by atoms with Gasteiger partial charge in [0.1, 0.15) is 19.4 Å². The summed E-state index contributed by atoms with van der Waals surface area (Å²) < 4.78 is 10.5. The largest absolute Gasteiger partial charge is 0.444 e. The molecule has 0 radical (unpaired) electrons. The van der Waals surface area contributed by atoms with E-state index in [4.69, 9.17) is 9.47 Å². The number of rotatable bonds is 6. The molecular weight excluding hydrogens is 344 g/mol. The van der Waals surface area contributed by atoms with Gasteiger partial charge in [0.05, 0.1) is 11.7 Å². The summed E-state index contributed by atoms with van der Waals surface area (Å²) in [5.41, 5.74) is 4.30. The van der Waals surface area contributed by atoms with Gasteiger partial charge in [0.15, 0.2) is 0 Å². The summed E-state index contributed by atoms with van der Waals surface area (Å²) in [4.78, 5) is 16.8. The molecule has 0 fully saturated rings. The highest BCUT2D eigenvalue weighted by Gasteiger charge is 2.21. The first-order valence-corrected chi connectivity index (χ1v) is 12.5. The Hall–Kier alpha value is -1.84. The zero-order valence-corrected chi connectivity index (χ0v) is 18.1. The van der Waals surface area contributed by atoms with E-state index in [0.29, 0.717) is 13.0 Å². The van der Waals surface area contributed by atoms with E-state index < -0.39 is 19.8 Å². The second kappa shape index (κ2) is 9.74. The summed E-state index contributed by atoms with van der Waals surface area (Å²) >= 11 is 0. The number of methoxy groups -OCH3 is 1. The molecule has 0 saturated carbocycles. The molecular formula is C20H32N2O3Si. The van der Waals surface area contributed by atoms with Crippen molar-refractivity contribution >= 4 is 14.2 Å². The van der Waals surface area contributed by atoms with Crippen molar-refractivity contribution in [1.82, 2.24) is 10.3 Å². The van der Waals surface area contributed by atoms with Crippen LogP contribution >= 0.6 is 0 Å². The van der Waals surface area contributed by atoms with Crippen LogP contribution in [0.25, 0.3) is 0 Å². The average Bonchev–Trinajstić information content (AvgIpc) is 2.50. The van der Waals surface area contributed by atoms with E-state index in [2.05, 4.69) is 41.4 Å². The number of nitrogens with zero attached hydrogens (tertiary/aromatic N) is 1. The van der Waals surface area contributed by atoms with Crippen LogP contribution in [0.4, 0.5) is 4.79 Å². The van der Waals surface area contributed by atoms with Crippen molar-refractivity contribution in [2.24, 2.45) is 0 Å². The van der Waals surface area contributed by atoms with Gasteiger partial charge in [-0.1, -0.05) is 31.6 Å². The first-order valence-electron chi connectivity index (χ1n) is 8.99. The molecule has 6 heteroatoms. The lowest BCUT2D eigenvalue weighted by molar-refractivity contribution is 0.0496. The van der Waals surface area contributed by atoms with Crippen molar-refractivity contribution in [2.45, 2.75) is 64.9 Å². The van der Waals surface area contributed by atoms with E-state index in [0.717, 1.165) is 17.8 Å². The maximum absolute atomic E-state index is 12.2. The minimum absolute atomic E-state index is 0.242. The van der Waals surface area contributed by atoms with E-state index in [1.165, 1.54) is 0 Å². The van der Waals surface area contributed by atoms with Gasteiger partial charge in [-0.2, -0.15) is 0 Å². The van der Waals surface area contributed by atoms with Gasteiger partial charge in [-0.05, 0) is 45.7 Å². The summed E-state index contributed by atoms with van der Waals surface area (Å²) in [5.74, 6) is 3.17. The summed E-state index contributed by atoms with van der Waals surface area (Å²) in [7, 11) is 0.197. The number of hydrogen-bond donors (Lipinski definition) is 1. The van der Waals surface area contributed by atoms with Crippen molar-refractivity contribution in [2.75, 3.05) is 13.7 Å². The number of carbonyl (C=O) groups excluding carboxylic acids is 1. The van der Waals surface area contributed by atoms with Crippen molar-refractivity contribution < 1.29 is 14.3 Å². The van der Waals surface area contributed by atoms with Crippen molar-refractivity contribution in [3.63, 3.8) is 0 Å². The normalized spacial score (nSPS) is 12.7. The number of amides is 1. The van der Waals surface area contributed by atoms with Gasteiger partial charge in [0, 0.05) is 13.7 Å². The lowest BCUT2D eigenvalue weighted by atomic mass is 10.1. The van der Waals surface area contributed by atoms with Gasteiger partial charge in [0.2, 0.25) is 0 Å². The Bertz CT molecular complexity index is 651. The van der Waals surface area contributed by atoms with Gasteiger partial charge in [-0.15, -0.1) is 5.54 Å². The van der Waals surface area contributed by atoms with E-state index in [1.807, 2.05) is 39.0 Å². The van der Waals surface area contributed by atoms with Crippen LogP contribution in [0.1, 0.15) is 51.0 Å². The van der Waals surface area contributed by atoms with Gasteiger partial charge in [-0.3, -0.25) is 0 Å². The number of hydrogen-bond acceptors (Lipinski definition) is 4. The predicted molar refractivity (Wildman–Crippen MR) is 108 cm³/mol. The van der Waals surface area contributed by atoms with E-state index in [-0.39, 0.29) is 6.04 Å². The highest BCUT2D eigenvalue weighted by Crippen LogP contribution is 2.18. The summed E-state index contributed by atoms with van der Waals surface area (Å²) in [6, 6.07) is 5.50. The number of pyridine rings is 1. The second-order valence-electron chi connectivity index (χ2n) is 8.28. The molecule has 0 aromatic carbocycles. The van der Waals surface area contributed by atoms with Gasteiger partial charge < -0.3 is 14.8 Å². The first kappa shape index (κ1) is 22.2. The number of ether oxygens (including phenoxy) is 2. The molecule has 0 aliphatic heterocycles. The highest BCUT2D eigenvalue weighted by atomic mass is 28.3. The Morgan fingerprint density at radius 1 is 1.31 bits per heavy atom. The number of nitrogens with one attached hydrogen (secondary N) is 1. The van der Waals surface area contributed by atoms with Crippen LogP contribution in [0.5, 0.6) is 0 Å². The van der Waals surface area contributed by atoms with Crippen molar-refractivity contribution in [3.8, 4) is 11.5 Å². The second-order valence-corrected chi connectivity index (χ2v) is 13.0. The topological polar surface area (TPSA) is 60.5 Å². The number of aromatic nitrogens is 1. The molecule has 1 N–H and O–H groups in total. The Morgan fingerprint density at radius 2 is 2.00 bits per heavy atom. The smallest absolute Gasteiger partial charge is 0.408 e. The average molecular weight is 377 g/mol. The quantitative estimate of drug-likeness (QED) is 0.457. The van der Waals surface area contributed by atoms with E-state index in [9.17, 15) is 4.79 Å².